The summed E-state index contributed by atoms with van der Waals surface area (Å²) >= 11 is 6.61. The van der Waals surface area contributed by atoms with Gasteiger partial charge in [-0.25, -0.2) is 9.97 Å². The molecule has 4 fully saturated rings. The number of ether oxygens (including phenoxy) is 2. The fourth-order valence-corrected chi connectivity index (χ4v) is 10.1. The fraction of sp³-hybridized carbons (Fsp3) is 0.522. The van der Waals surface area contributed by atoms with Crippen molar-refractivity contribution in [2.75, 3.05) is 61.5 Å². The van der Waals surface area contributed by atoms with Gasteiger partial charge in [0, 0.05) is 75.4 Å². The van der Waals surface area contributed by atoms with Gasteiger partial charge in [-0.2, -0.15) is 4.98 Å². The Labute approximate surface area is 382 Å². The minimum absolute atomic E-state index is 0.0915. The first-order valence-electron chi connectivity index (χ1n) is 22.7. The highest BCUT2D eigenvalue weighted by Gasteiger charge is 2.45. The van der Waals surface area contributed by atoms with E-state index in [1.807, 2.05) is 51.1 Å². The molecule has 2 unspecified atom stereocenters. The molecule has 3 atom stereocenters. The molecule has 9 rings (SSSR count). The molecule has 4 aromatic rings. The molecule has 4 aliphatic heterocycles. The van der Waals surface area contributed by atoms with Gasteiger partial charge in [0.15, 0.2) is 18.2 Å². The first-order valence-corrected chi connectivity index (χ1v) is 23.0. The number of pyridine rings is 2. The van der Waals surface area contributed by atoms with Crippen molar-refractivity contribution in [3.05, 3.63) is 69.2 Å². The van der Waals surface area contributed by atoms with Crippen LogP contribution in [-0.2, 0) is 19.1 Å². The Morgan fingerprint density at radius 2 is 1.75 bits per heavy atom. The molecule has 1 aromatic carbocycles. The van der Waals surface area contributed by atoms with E-state index in [1.165, 1.54) is 7.05 Å². The number of nitrogens with zero attached hydrogens (tertiary/aromatic N) is 8. The van der Waals surface area contributed by atoms with Crippen LogP contribution >= 0.6 is 11.6 Å². The average molecular weight is 910 g/mol. The van der Waals surface area contributed by atoms with Crippen molar-refractivity contribution in [3.8, 4) is 5.75 Å². The highest BCUT2D eigenvalue weighted by Crippen LogP contribution is 2.38. The number of benzene rings is 1. The Kier molecular flexibility index (Phi) is 12.4. The summed E-state index contributed by atoms with van der Waals surface area (Å²) in [5.74, 6) is 0.703. The zero-order valence-electron chi connectivity index (χ0n) is 37.4. The van der Waals surface area contributed by atoms with E-state index in [-0.39, 0.29) is 72.4 Å². The van der Waals surface area contributed by atoms with Gasteiger partial charge in [0.1, 0.15) is 16.9 Å². The number of rotatable bonds is 12. The van der Waals surface area contributed by atoms with E-state index in [2.05, 4.69) is 42.6 Å². The summed E-state index contributed by atoms with van der Waals surface area (Å²) in [6.07, 6.45) is 6.26. The van der Waals surface area contributed by atoms with Gasteiger partial charge < -0.3 is 39.4 Å². The molecule has 3 aromatic heterocycles. The summed E-state index contributed by atoms with van der Waals surface area (Å²) < 4.78 is 13.9. The molecule has 7 heterocycles. The number of aromatic nitrogens is 4. The van der Waals surface area contributed by atoms with Crippen LogP contribution in [0.1, 0.15) is 94.4 Å². The van der Waals surface area contributed by atoms with Gasteiger partial charge in [0.25, 0.3) is 17.4 Å². The number of hydrogen-bond acceptors (Lipinski definition) is 14. The zero-order valence-corrected chi connectivity index (χ0v) is 38.1. The second-order valence-electron chi connectivity index (χ2n) is 18.1. The topological polar surface area (TPSA) is 196 Å². The molecule has 4 amide bonds. The molecule has 3 N–H and O–H groups in total. The molecule has 344 valence electrons. The van der Waals surface area contributed by atoms with Crippen molar-refractivity contribution in [1.82, 2.24) is 40.0 Å². The van der Waals surface area contributed by atoms with Crippen molar-refractivity contribution in [1.29, 1.82) is 0 Å². The summed E-state index contributed by atoms with van der Waals surface area (Å²) in [4.78, 5) is 85.9. The third-order valence-electron chi connectivity index (χ3n) is 13.5. The third kappa shape index (κ3) is 8.82. The Balaban J connectivity index is 0.754. The molecule has 65 heavy (non-hydrogen) atoms. The maximum atomic E-state index is 13.4. The van der Waals surface area contributed by atoms with Gasteiger partial charge in [-0.15, -0.1) is 0 Å². The van der Waals surface area contributed by atoms with Crippen LogP contribution in [0, 0.1) is 0 Å². The second kappa shape index (κ2) is 18.2. The number of amides is 4. The molecule has 1 saturated carbocycles. The van der Waals surface area contributed by atoms with Crippen molar-refractivity contribution < 1.29 is 28.7 Å². The number of anilines is 4. The lowest BCUT2D eigenvalue weighted by Crippen LogP contribution is -2.59. The number of piperazine rings is 1. The number of hydrogen-bond donors (Lipinski definition) is 3. The maximum absolute atomic E-state index is 13.4. The van der Waals surface area contributed by atoms with Crippen LogP contribution in [0.25, 0.3) is 10.9 Å². The first-order chi connectivity index (χ1) is 31.3. The van der Waals surface area contributed by atoms with Gasteiger partial charge in [0.2, 0.25) is 17.8 Å². The number of fused-ring (bicyclic) bond motifs is 2. The van der Waals surface area contributed by atoms with Crippen LogP contribution in [0.15, 0.2) is 47.4 Å². The van der Waals surface area contributed by atoms with E-state index in [4.69, 9.17) is 31.0 Å². The fourth-order valence-electron chi connectivity index (χ4n) is 9.96. The largest absolute Gasteiger partial charge is 0.478 e. The van der Waals surface area contributed by atoms with E-state index in [1.54, 1.807) is 21.7 Å². The van der Waals surface area contributed by atoms with Gasteiger partial charge in [-0.1, -0.05) is 11.6 Å². The number of halogens is 1. The third-order valence-corrected chi connectivity index (χ3v) is 13.8. The summed E-state index contributed by atoms with van der Waals surface area (Å²) in [5.41, 5.74) is 2.34. The predicted molar refractivity (Wildman–Crippen MR) is 245 cm³/mol. The molecule has 1 aliphatic carbocycles. The minimum atomic E-state index is -0.679. The van der Waals surface area contributed by atoms with E-state index in [0.29, 0.717) is 46.2 Å². The van der Waals surface area contributed by atoms with Crippen molar-refractivity contribution in [2.45, 2.75) is 109 Å². The van der Waals surface area contributed by atoms with Crippen molar-refractivity contribution in [2.24, 2.45) is 0 Å². The van der Waals surface area contributed by atoms with Crippen LogP contribution in [-0.4, -0.2) is 130 Å². The molecule has 0 spiro atoms. The highest BCUT2D eigenvalue weighted by molar-refractivity contribution is 6.33. The van der Waals surface area contributed by atoms with E-state index >= 15 is 0 Å². The number of carbonyl (C=O) groups excluding carboxylic acids is 4. The quantitative estimate of drug-likeness (QED) is 0.170. The Morgan fingerprint density at radius 1 is 0.969 bits per heavy atom. The van der Waals surface area contributed by atoms with Gasteiger partial charge in [-0.3, -0.25) is 34.2 Å². The van der Waals surface area contributed by atoms with Crippen molar-refractivity contribution in [3.63, 3.8) is 0 Å². The Bertz CT molecular complexity index is 2580. The molecule has 19 heteroatoms. The molecule has 0 bridgehead atoms. The van der Waals surface area contributed by atoms with Crippen LogP contribution in [0.3, 0.4) is 0 Å². The lowest BCUT2D eigenvalue weighted by Gasteiger charge is -2.49. The summed E-state index contributed by atoms with van der Waals surface area (Å²) in [7, 11) is 1.51. The molecular formula is C46H56ClN11O7. The normalized spacial score (nSPS) is 24.0. The first kappa shape index (κ1) is 44.4. The lowest BCUT2D eigenvalue weighted by molar-refractivity contribution is -0.137. The van der Waals surface area contributed by atoms with Crippen LogP contribution in [0.4, 0.5) is 23.3 Å². The van der Waals surface area contributed by atoms with Crippen LogP contribution in [0.2, 0.25) is 5.02 Å². The zero-order chi connectivity index (χ0) is 45.7. The SMILES string of the molecule is CNC(=O)COc1cc2cc(Nc3nc(N4CCC(O[C@H]5C[C@H](N6CCN(c7ccc8c(n7)C(C)N(C7CCC(=O)NC7=O)C8=O)[C@@H](C)C6)C5)CC4)ncc3Cl)ccc2n(C(C)C)c1=O. The minimum Gasteiger partial charge on any atom is -0.478 e. The number of nitrogens with one attached hydrogen (secondary N) is 3. The molecule has 0 radical (unpaired) electrons. The van der Waals surface area contributed by atoms with Gasteiger partial charge >= 0.3 is 0 Å². The standard InChI is InChI=1S/C46H56ClN11O7/c1-25(2)57-35-8-6-29(18-28(35)19-37(45(57)63)64-24-40(60)48-5)50-42-34(47)22-49-46(53-42)54-14-12-31(13-15-54)65-32-20-30(21-32)55-16-17-56(26(3)23-55)38-10-7-33-41(51-38)27(4)58(44(33)62)36-9-11-39(59)52-43(36)61/h6-8,10,18-19,22,25-27,30-32,36H,9,11-17,20-21,23-24H2,1-5H3,(H,48,60)(H,49,50,53)(H,52,59,61)/t26-,27?,30-,32-,36?/m0/s1. The van der Waals surface area contributed by atoms with Gasteiger partial charge in [-0.05, 0) is 96.2 Å². The smallest absolute Gasteiger partial charge is 0.293 e. The molecular weight excluding hydrogens is 854 g/mol. The number of imide groups is 1. The molecule has 18 nitrogen and oxygen atoms in total. The lowest BCUT2D eigenvalue weighted by atomic mass is 9.86. The van der Waals surface area contributed by atoms with Gasteiger partial charge in [0.05, 0.1) is 41.2 Å². The average Bonchev–Trinajstić information content (AvgIpc) is 3.52. The van der Waals surface area contributed by atoms with Crippen LogP contribution < -0.4 is 36.0 Å². The van der Waals surface area contributed by atoms with E-state index in [0.717, 1.165) is 75.1 Å². The summed E-state index contributed by atoms with van der Waals surface area (Å²) in [5, 5.41) is 9.35. The predicted octanol–water partition coefficient (Wildman–Crippen LogP) is 4.34. The van der Waals surface area contributed by atoms with E-state index in [9.17, 15) is 24.0 Å². The summed E-state index contributed by atoms with van der Waals surface area (Å²) in [6, 6.07) is 10.6. The Hall–Kier alpha value is -5.85. The molecule has 3 saturated heterocycles. The maximum Gasteiger partial charge on any atom is 0.293 e. The monoisotopic (exact) mass is 909 g/mol. The molecule has 5 aliphatic rings. The number of carbonyl (C=O) groups is 4. The number of piperidine rings is 2. The van der Waals surface area contributed by atoms with Crippen LogP contribution in [0.5, 0.6) is 5.75 Å². The highest BCUT2D eigenvalue weighted by atomic mass is 35.5. The summed E-state index contributed by atoms with van der Waals surface area (Å²) in [6.45, 7) is 11.8. The number of likely N-dealkylation sites (N-methyl/N-ethyl adjacent to an activating group) is 1. The van der Waals surface area contributed by atoms with Crippen molar-refractivity contribution >= 4 is 69.4 Å². The Morgan fingerprint density at radius 3 is 2.48 bits per heavy atom. The second-order valence-corrected chi connectivity index (χ2v) is 18.5. The van der Waals surface area contributed by atoms with E-state index < -0.39 is 11.9 Å².